The SMILES string of the molecule is CC1C[C@@H]2CC(C(C)(C)OC(=O)COC(=O)C(C)(O)C(F)(F)F)(C1)CC2C. The van der Waals surface area contributed by atoms with E-state index in [1.165, 1.54) is 0 Å². The molecule has 2 aliphatic rings. The zero-order chi connectivity index (χ0) is 20.8. The molecule has 0 aromatic carbocycles. The monoisotopic (exact) mass is 394 g/mol. The number of esters is 2. The standard InChI is InChI=1S/C19H29F3O5/c1-11-6-13-9-18(7-11,8-12(13)2)16(3,4)27-14(23)10-26-15(24)17(5,25)19(20,21)22/h11-13,25H,6-10H2,1-5H3/t11?,12?,13-,17?,18?/m1/s1. The third-order valence-electron chi connectivity index (χ3n) is 6.53. The van der Waals surface area contributed by atoms with E-state index in [1.807, 2.05) is 13.8 Å². The zero-order valence-corrected chi connectivity index (χ0v) is 16.5. The van der Waals surface area contributed by atoms with Crippen molar-refractivity contribution in [3.8, 4) is 0 Å². The van der Waals surface area contributed by atoms with Gasteiger partial charge in [-0.15, -0.1) is 0 Å². The molecule has 0 saturated heterocycles. The Hall–Kier alpha value is -1.31. The van der Waals surface area contributed by atoms with Crippen LogP contribution in [0.3, 0.4) is 0 Å². The molecule has 0 heterocycles. The average molecular weight is 394 g/mol. The lowest BCUT2D eigenvalue weighted by Gasteiger charge is -2.47. The lowest BCUT2D eigenvalue weighted by Crippen LogP contribution is -2.51. The van der Waals surface area contributed by atoms with E-state index in [9.17, 15) is 27.9 Å². The molecule has 2 fully saturated rings. The van der Waals surface area contributed by atoms with Crippen LogP contribution in [0.25, 0.3) is 0 Å². The third kappa shape index (κ3) is 4.10. The maximum atomic E-state index is 12.6. The minimum Gasteiger partial charge on any atom is -0.457 e. The Kier molecular flexibility index (Phi) is 5.65. The van der Waals surface area contributed by atoms with Gasteiger partial charge in [-0.3, -0.25) is 0 Å². The van der Waals surface area contributed by atoms with E-state index in [2.05, 4.69) is 18.6 Å². The number of aliphatic hydroxyl groups is 1. The molecule has 5 nitrogen and oxygen atoms in total. The fourth-order valence-corrected chi connectivity index (χ4v) is 4.86. The van der Waals surface area contributed by atoms with Crippen LogP contribution in [-0.2, 0) is 19.1 Å². The van der Waals surface area contributed by atoms with E-state index in [4.69, 9.17) is 4.74 Å². The Bertz CT molecular complexity index is 589. The second kappa shape index (κ2) is 6.94. The molecule has 0 amide bonds. The molecule has 0 aromatic heterocycles. The highest BCUT2D eigenvalue weighted by Crippen LogP contribution is 2.61. The molecule has 0 spiro atoms. The second-order valence-electron chi connectivity index (χ2n) is 9.10. The van der Waals surface area contributed by atoms with Crippen LogP contribution < -0.4 is 0 Å². The van der Waals surface area contributed by atoms with Crippen LogP contribution in [0, 0.1) is 23.2 Å². The van der Waals surface area contributed by atoms with Crippen molar-refractivity contribution in [1.29, 1.82) is 0 Å². The summed E-state index contributed by atoms with van der Waals surface area (Å²) >= 11 is 0. The predicted molar refractivity (Wildman–Crippen MR) is 90.5 cm³/mol. The van der Waals surface area contributed by atoms with Gasteiger partial charge in [-0.05, 0) is 64.2 Å². The molecular weight excluding hydrogens is 365 g/mol. The van der Waals surface area contributed by atoms with Gasteiger partial charge in [0.2, 0.25) is 0 Å². The summed E-state index contributed by atoms with van der Waals surface area (Å²) in [4.78, 5) is 23.6. The fraction of sp³-hybridized carbons (Fsp3) is 0.895. The number of halogens is 3. The maximum Gasteiger partial charge on any atom is 0.427 e. The van der Waals surface area contributed by atoms with Crippen molar-refractivity contribution in [2.24, 2.45) is 23.2 Å². The molecule has 8 heteroatoms. The van der Waals surface area contributed by atoms with E-state index >= 15 is 0 Å². The number of rotatable bonds is 5. The molecule has 0 aliphatic heterocycles. The Morgan fingerprint density at radius 1 is 1.11 bits per heavy atom. The van der Waals surface area contributed by atoms with E-state index in [-0.39, 0.29) is 12.3 Å². The lowest BCUT2D eigenvalue weighted by atomic mass is 9.63. The first-order valence-corrected chi connectivity index (χ1v) is 9.29. The molecule has 2 aliphatic carbocycles. The lowest BCUT2D eigenvalue weighted by molar-refractivity contribution is -0.257. The van der Waals surface area contributed by atoms with Crippen LogP contribution in [0.2, 0.25) is 0 Å². The Balaban J connectivity index is 2.00. The highest BCUT2D eigenvalue weighted by molar-refractivity contribution is 5.82. The number of ether oxygens (including phenoxy) is 2. The first kappa shape index (κ1) is 22.0. The van der Waals surface area contributed by atoms with Crippen molar-refractivity contribution in [1.82, 2.24) is 0 Å². The minimum absolute atomic E-state index is 0.189. The van der Waals surface area contributed by atoms with Crippen molar-refractivity contribution < 1.29 is 37.3 Å². The molecule has 5 atom stereocenters. The van der Waals surface area contributed by atoms with Crippen molar-refractivity contribution in [3.63, 3.8) is 0 Å². The number of hydrogen-bond acceptors (Lipinski definition) is 5. The summed E-state index contributed by atoms with van der Waals surface area (Å²) in [6, 6.07) is 0. The largest absolute Gasteiger partial charge is 0.457 e. The van der Waals surface area contributed by atoms with Gasteiger partial charge in [-0.25, -0.2) is 9.59 Å². The smallest absolute Gasteiger partial charge is 0.427 e. The van der Waals surface area contributed by atoms with Crippen molar-refractivity contribution in [3.05, 3.63) is 0 Å². The fourth-order valence-electron chi connectivity index (χ4n) is 4.86. The first-order chi connectivity index (χ1) is 12.1. The quantitative estimate of drug-likeness (QED) is 0.721. The summed E-state index contributed by atoms with van der Waals surface area (Å²) in [5.41, 5.74) is -4.69. The molecular formula is C19H29F3O5. The highest BCUT2D eigenvalue weighted by atomic mass is 19.4. The Morgan fingerprint density at radius 2 is 1.70 bits per heavy atom. The van der Waals surface area contributed by atoms with Gasteiger partial charge in [0.1, 0.15) is 5.60 Å². The molecule has 4 unspecified atom stereocenters. The highest BCUT2D eigenvalue weighted by Gasteiger charge is 2.58. The van der Waals surface area contributed by atoms with Gasteiger partial charge < -0.3 is 14.6 Å². The van der Waals surface area contributed by atoms with Crippen LogP contribution in [0.1, 0.15) is 60.3 Å². The Morgan fingerprint density at radius 3 is 2.26 bits per heavy atom. The summed E-state index contributed by atoms with van der Waals surface area (Å²) in [5.74, 6) is -1.25. The Labute approximate surface area is 157 Å². The average Bonchev–Trinajstić information content (AvgIpc) is 2.74. The normalized spacial score (nSPS) is 33.3. The number of hydrogen-bond donors (Lipinski definition) is 1. The van der Waals surface area contributed by atoms with E-state index in [0.29, 0.717) is 17.8 Å². The van der Waals surface area contributed by atoms with Crippen molar-refractivity contribution in [2.45, 2.75) is 77.7 Å². The maximum absolute atomic E-state index is 12.6. The molecule has 2 bridgehead atoms. The van der Waals surface area contributed by atoms with E-state index in [1.54, 1.807) is 0 Å². The summed E-state index contributed by atoms with van der Waals surface area (Å²) in [7, 11) is 0. The van der Waals surface area contributed by atoms with Crippen molar-refractivity contribution >= 4 is 11.9 Å². The molecule has 27 heavy (non-hydrogen) atoms. The number of alkyl halides is 3. The molecule has 2 rings (SSSR count). The van der Waals surface area contributed by atoms with Gasteiger partial charge in [0, 0.05) is 5.41 Å². The first-order valence-electron chi connectivity index (χ1n) is 9.29. The van der Waals surface area contributed by atoms with Crippen LogP contribution in [-0.4, -0.2) is 41.0 Å². The van der Waals surface area contributed by atoms with Crippen LogP contribution >= 0.6 is 0 Å². The van der Waals surface area contributed by atoms with Crippen molar-refractivity contribution in [2.75, 3.05) is 6.61 Å². The topological polar surface area (TPSA) is 72.8 Å². The summed E-state index contributed by atoms with van der Waals surface area (Å²) in [5, 5.41) is 9.26. The number of carbonyl (C=O) groups is 2. The summed E-state index contributed by atoms with van der Waals surface area (Å²) in [6.45, 7) is 7.31. The van der Waals surface area contributed by atoms with Gasteiger partial charge in [0.15, 0.2) is 6.61 Å². The van der Waals surface area contributed by atoms with E-state index < -0.39 is 35.9 Å². The van der Waals surface area contributed by atoms with Gasteiger partial charge in [-0.1, -0.05) is 13.8 Å². The number of fused-ring (bicyclic) bond motifs is 2. The number of carbonyl (C=O) groups excluding carboxylic acids is 2. The molecule has 0 aromatic rings. The molecule has 2 saturated carbocycles. The van der Waals surface area contributed by atoms with Gasteiger partial charge >= 0.3 is 18.1 Å². The summed E-state index contributed by atoms with van der Waals surface area (Å²) < 4.78 is 47.8. The molecule has 156 valence electrons. The van der Waals surface area contributed by atoms with Crippen LogP contribution in [0.4, 0.5) is 13.2 Å². The van der Waals surface area contributed by atoms with Gasteiger partial charge in [-0.2, -0.15) is 13.2 Å². The predicted octanol–water partition coefficient (Wildman–Crippen LogP) is 3.63. The van der Waals surface area contributed by atoms with Gasteiger partial charge in [0.25, 0.3) is 5.60 Å². The van der Waals surface area contributed by atoms with E-state index in [0.717, 1.165) is 25.7 Å². The minimum atomic E-state index is -5.19. The zero-order valence-electron chi connectivity index (χ0n) is 16.5. The van der Waals surface area contributed by atoms with Crippen LogP contribution in [0.15, 0.2) is 0 Å². The van der Waals surface area contributed by atoms with Gasteiger partial charge in [0.05, 0.1) is 0 Å². The summed E-state index contributed by atoms with van der Waals surface area (Å²) in [6.07, 6.45) is -1.26. The van der Waals surface area contributed by atoms with Crippen LogP contribution in [0.5, 0.6) is 0 Å². The molecule has 1 N–H and O–H groups in total. The molecule has 0 radical (unpaired) electrons. The third-order valence-corrected chi connectivity index (χ3v) is 6.53. The second-order valence-corrected chi connectivity index (χ2v) is 9.10.